The van der Waals surface area contributed by atoms with E-state index in [-0.39, 0.29) is 4.90 Å². The van der Waals surface area contributed by atoms with Gasteiger partial charge in [-0.05, 0) is 48.9 Å². The number of fused-ring (bicyclic) bond motifs is 1. The third-order valence-corrected chi connectivity index (χ3v) is 5.18. The topological polar surface area (TPSA) is 105 Å². The molecule has 0 aliphatic heterocycles. The zero-order valence-electron chi connectivity index (χ0n) is 12.9. The van der Waals surface area contributed by atoms with Gasteiger partial charge in [0.25, 0.3) is 10.0 Å². The van der Waals surface area contributed by atoms with Crippen molar-refractivity contribution in [2.75, 3.05) is 4.72 Å². The number of sulfonamides is 1. The maximum atomic E-state index is 12.6. The number of benzene rings is 2. The summed E-state index contributed by atoms with van der Waals surface area (Å²) in [6.07, 6.45) is 0. The van der Waals surface area contributed by atoms with Crippen LogP contribution in [0.5, 0.6) is 0 Å². The van der Waals surface area contributed by atoms with Crippen molar-refractivity contribution in [2.45, 2.75) is 11.8 Å². The Hall–Kier alpha value is -3.05. The van der Waals surface area contributed by atoms with Gasteiger partial charge >= 0.3 is 5.76 Å². The van der Waals surface area contributed by atoms with Gasteiger partial charge in [-0.1, -0.05) is 0 Å². The highest BCUT2D eigenvalue weighted by Gasteiger charge is 2.18. The van der Waals surface area contributed by atoms with E-state index >= 15 is 0 Å². The van der Waals surface area contributed by atoms with Gasteiger partial charge in [-0.25, -0.2) is 13.2 Å². The highest BCUT2D eigenvalue weighted by atomic mass is 32.2. The molecule has 0 aliphatic carbocycles. The Balaban J connectivity index is 2.02. The first-order valence-electron chi connectivity index (χ1n) is 6.95. The molecule has 0 radical (unpaired) electrons. The molecule has 0 atom stereocenters. The number of oxazole rings is 1. The van der Waals surface area contributed by atoms with Crippen LogP contribution in [0.1, 0.15) is 11.1 Å². The summed E-state index contributed by atoms with van der Waals surface area (Å²) < 4.78 is 33.9. The average Bonchev–Trinajstić information content (AvgIpc) is 2.81. The van der Waals surface area contributed by atoms with Gasteiger partial charge in [-0.2, -0.15) is 5.26 Å². The second-order valence-electron chi connectivity index (χ2n) is 5.31. The lowest BCUT2D eigenvalue weighted by molar-refractivity contribution is 0.528. The first kappa shape index (κ1) is 15.8. The Labute approximate surface area is 137 Å². The van der Waals surface area contributed by atoms with Crippen molar-refractivity contribution in [1.29, 1.82) is 5.26 Å². The minimum atomic E-state index is -3.82. The largest absolute Gasteiger partial charge is 0.419 e. The number of nitrogens with one attached hydrogen (secondary N) is 1. The molecule has 0 bridgehead atoms. The minimum Gasteiger partial charge on any atom is -0.408 e. The van der Waals surface area contributed by atoms with Gasteiger partial charge in [0.05, 0.1) is 27.7 Å². The van der Waals surface area contributed by atoms with E-state index in [0.29, 0.717) is 27.9 Å². The zero-order chi connectivity index (χ0) is 17.5. The minimum absolute atomic E-state index is 0.0858. The molecule has 0 saturated heterocycles. The fraction of sp³-hybridized carbons (Fsp3) is 0.125. The number of aromatic nitrogens is 1. The van der Waals surface area contributed by atoms with Crippen LogP contribution >= 0.6 is 0 Å². The molecule has 0 aliphatic rings. The summed E-state index contributed by atoms with van der Waals surface area (Å²) >= 11 is 0. The first-order valence-corrected chi connectivity index (χ1v) is 8.43. The van der Waals surface area contributed by atoms with Crippen LogP contribution in [-0.2, 0) is 17.1 Å². The highest BCUT2D eigenvalue weighted by molar-refractivity contribution is 7.92. The molecule has 0 saturated carbocycles. The van der Waals surface area contributed by atoms with Crippen molar-refractivity contribution in [2.24, 2.45) is 7.05 Å². The normalized spacial score (nSPS) is 11.4. The van der Waals surface area contributed by atoms with Crippen LogP contribution in [0.4, 0.5) is 5.69 Å². The van der Waals surface area contributed by atoms with Gasteiger partial charge in [0.15, 0.2) is 5.58 Å². The van der Waals surface area contributed by atoms with Gasteiger partial charge in [0, 0.05) is 7.05 Å². The molecular weight excluding hydrogens is 330 g/mol. The molecular formula is C16H13N3O4S. The third kappa shape index (κ3) is 2.66. The fourth-order valence-corrected chi connectivity index (χ4v) is 3.70. The number of hydrogen-bond donors (Lipinski definition) is 1. The van der Waals surface area contributed by atoms with E-state index in [4.69, 9.17) is 9.68 Å². The summed E-state index contributed by atoms with van der Waals surface area (Å²) in [6.45, 7) is 1.62. The van der Waals surface area contributed by atoms with E-state index in [2.05, 4.69) is 4.72 Å². The van der Waals surface area contributed by atoms with Crippen LogP contribution in [0.3, 0.4) is 0 Å². The van der Waals surface area contributed by atoms with E-state index in [1.807, 2.05) is 6.07 Å². The first-order chi connectivity index (χ1) is 11.3. The average molecular weight is 343 g/mol. The van der Waals surface area contributed by atoms with Crippen molar-refractivity contribution >= 4 is 26.8 Å². The maximum absolute atomic E-state index is 12.6. The predicted molar refractivity (Wildman–Crippen MR) is 88.2 cm³/mol. The number of nitriles is 1. The fourth-order valence-electron chi connectivity index (χ4n) is 2.42. The quantitative estimate of drug-likeness (QED) is 0.784. The van der Waals surface area contributed by atoms with Crippen molar-refractivity contribution in [1.82, 2.24) is 4.57 Å². The number of hydrogen-bond acceptors (Lipinski definition) is 5. The molecule has 0 fully saturated rings. The van der Waals surface area contributed by atoms with Crippen molar-refractivity contribution in [3.8, 4) is 6.07 Å². The Bertz CT molecular complexity index is 1150. The van der Waals surface area contributed by atoms with Crippen LogP contribution in [0.25, 0.3) is 11.1 Å². The van der Waals surface area contributed by atoms with E-state index in [9.17, 15) is 13.2 Å². The SMILES string of the molecule is Cc1cc(C#N)ccc1S(=O)(=O)Nc1ccc2oc(=O)n(C)c2c1. The second kappa shape index (κ2) is 5.54. The predicted octanol–water partition coefficient (Wildman–Crippen LogP) is 2.11. The highest BCUT2D eigenvalue weighted by Crippen LogP contribution is 2.23. The van der Waals surface area contributed by atoms with E-state index < -0.39 is 15.8 Å². The monoisotopic (exact) mass is 343 g/mol. The van der Waals surface area contributed by atoms with Gasteiger partial charge < -0.3 is 4.42 Å². The molecule has 7 nitrogen and oxygen atoms in total. The Morgan fingerprint density at radius 2 is 1.96 bits per heavy atom. The van der Waals surface area contributed by atoms with Crippen molar-refractivity contribution < 1.29 is 12.8 Å². The van der Waals surface area contributed by atoms with E-state index in [1.54, 1.807) is 6.92 Å². The zero-order valence-corrected chi connectivity index (χ0v) is 13.7. The second-order valence-corrected chi connectivity index (χ2v) is 6.96. The summed E-state index contributed by atoms with van der Waals surface area (Å²) in [7, 11) is -2.28. The van der Waals surface area contributed by atoms with Crippen LogP contribution in [-0.4, -0.2) is 13.0 Å². The molecule has 1 aromatic heterocycles. The van der Waals surface area contributed by atoms with Crippen LogP contribution in [0.2, 0.25) is 0 Å². The van der Waals surface area contributed by atoms with Gasteiger partial charge in [0.2, 0.25) is 0 Å². The Morgan fingerprint density at radius 3 is 2.62 bits per heavy atom. The third-order valence-electron chi connectivity index (χ3n) is 3.64. The summed E-state index contributed by atoms with van der Waals surface area (Å²) in [5, 5.41) is 8.87. The van der Waals surface area contributed by atoms with E-state index in [0.717, 1.165) is 0 Å². The summed E-state index contributed by atoms with van der Waals surface area (Å²) in [4.78, 5) is 11.6. The molecule has 24 heavy (non-hydrogen) atoms. The van der Waals surface area contributed by atoms with Gasteiger partial charge in [0.1, 0.15) is 0 Å². The molecule has 2 aromatic carbocycles. The Morgan fingerprint density at radius 1 is 1.21 bits per heavy atom. The van der Waals surface area contributed by atoms with Crippen LogP contribution in [0, 0.1) is 18.3 Å². The molecule has 8 heteroatoms. The maximum Gasteiger partial charge on any atom is 0.419 e. The van der Waals surface area contributed by atoms with E-state index in [1.165, 1.54) is 48.0 Å². The van der Waals surface area contributed by atoms with Crippen molar-refractivity contribution in [3.63, 3.8) is 0 Å². The molecule has 0 spiro atoms. The summed E-state index contributed by atoms with van der Waals surface area (Å²) in [6, 6.07) is 10.9. The molecule has 122 valence electrons. The Kier molecular flexibility index (Phi) is 3.66. The smallest absolute Gasteiger partial charge is 0.408 e. The lowest BCUT2D eigenvalue weighted by atomic mass is 10.2. The molecule has 3 rings (SSSR count). The molecule has 0 amide bonds. The lowest BCUT2D eigenvalue weighted by Crippen LogP contribution is -2.14. The number of aryl methyl sites for hydroxylation is 2. The van der Waals surface area contributed by atoms with Crippen LogP contribution < -0.4 is 10.5 Å². The van der Waals surface area contributed by atoms with Gasteiger partial charge in [-0.15, -0.1) is 0 Å². The lowest BCUT2D eigenvalue weighted by Gasteiger charge is -2.10. The van der Waals surface area contributed by atoms with Gasteiger partial charge in [-0.3, -0.25) is 9.29 Å². The number of anilines is 1. The molecule has 0 unspecified atom stereocenters. The summed E-state index contributed by atoms with van der Waals surface area (Å²) in [5.41, 5.74) is 2.03. The van der Waals surface area contributed by atoms with Crippen LogP contribution in [0.15, 0.2) is 50.5 Å². The molecule has 3 aromatic rings. The molecule has 1 N–H and O–H groups in total. The summed E-state index contributed by atoms with van der Waals surface area (Å²) in [5.74, 6) is -0.520. The van der Waals surface area contributed by atoms with Crippen molar-refractivity contribution in [3.05, 3.63) is 58.1 Å². The number of rotatable bonds is 3. The standard InChI is InChI=1S/C16H13N3O4S/c1-10-7-11(9-17)3-6-15(10)24(21,22)18-12-4-5-14-13(8-12)19(2)16(20)23-14/h3-8,18H,1-2H3. The molecule has 1 heterocycles. The number of nitrogens with zero attached hydrogens (tertiary/aromatic N) is 2.